The van der Waals surface area contributed by atoms with E-state index in [0.29, 0.717) is 18.5 Å². The molecule has 1 aliphatic carbocycles. The van der Waals surface area contributed by atoms with Crippen LogP contribution < -0.4 is 5.32 Å². The summed E-state index contributed by atoms with van der Waals surface area (Å²) < 4.78 is 0. The molecule has 1 unspecified atom stereocenters. The van der Waals surface area contributed by atoms with Gasteiger partial charge in [-0.2, -0.15) is 0 Å². The Hall–Kier alpha value is -1.35. The molecule has 1 aromatic rings. The molecule has 0 aliphatic heterocycles. The Morgan fingerprint density at radius 2 is 2.05 bits per heavy atom. The van der Waals surface area contributed by atoms with Crippen molar-refractivity contribution in [2.45, 2.75) is 45.7 Å². The van der Waals surface area contributed by atoms with Crippen molar-refractivity contribution in [2.24, 2.45) is 5.92 Å². The van der Waals surface area contributed by atoms with E-state index in [2.05, 4.69) is 36.2 Å². The van der Waals surface area contributed by atoms with Crippen LogP contribution in [0.4, 0.5) is 0 Å². The van der Waals surface area contributed by atoms with Crippen molar-refractivity contribution in [3.05, 3.63) is 35.9 Å². The van der Waals surface area contributed by atoms with Crippen LogP contribution in [0.15, 0.2) is 30.3 Å². The fourth-order valence-corrected chi connectivity index (χ4v) is 2.55. The Labute approximate surface area is 122 Å². The van der Waals surface area contributed by atoms with E-state index in [1.165, 1.54) is 18.4 Å². The van der Waals surface area contributed by atoms with Crippen molar-refractivity contribution in [1.82, 2.24) is 10.2 Å². The summed E-state index contributed by atoms with van der Waals surface area (Å²) >= 11 is 0. The minimum atomic E-state index is 0.224. The summed E-state index contributed by atoms with van der Waals surface area (Å²) in [5.41, 5.74) is 1.21. The number of rotatable bonds is 8. The molecule has 1 saturated carbocycles. The largest absolute Gasteiger partial charge is 0.334 e. The Morgan fingerprint density at radius 3 is 2.65 bits per heavy atom. The molecule has 1 N–H and O–H groups in total. The highest BCUT2D eigenvalue weighted by atomic mass is 16.2. The van der Waals surface area contributed by atoms with E-state index >= 15 is 0 Å². The maximum atomic E-state index is 12.5. The molecule has 0 heterocycles. The number of amides is 1. The number of carbonyl (C=O) groups excluding carboxylic acids is 1. The van der Waals surface area contributed by atoms with Gasteiger partial charge in [-0.1, -0.05) is 37.3 Å². The molecule has 0 bridgehead atoms. The predicted octanol–water partition coefficient (Wildman–Crippen LogP) is 2.81. The lowest BCUT2D eigenvalue weighted by Gasteiger charge is -2.30. The van der Waals surface area contributed by atoms with E-state index in [0.717, 1.165) is 19.5 Å². The van der Waals surface area contributed by atoms with Gasteiger partial charge in [0.05, 0.1) is 6.54 Å². The minimum absolute atomic E-state index is 0.224. The normalized spacial score (nSPS) is 15.9. The summed E-state index contributed by atoms with van der Waals surface area (Å²) in [5.74, 6) is 0.926. The van der Waals surface area contributed by atoms with Crippen LogP contribution in [-0.2, 0) is 11.3 Å². The maximum Gasteiger partial charge on any atom is 0.237 e. The maximum absolute atomic E-state index is 12.5. The van der Waals surface area contributed by atoms with Crippen molar-refractivity contribution in [1.29, 1.82) is 0 Å². The molecule has 0 spiro atoms. The molecule has 1 amide bonds. The number of hydrogen-bond acceptors (Lipinski definition) is 2. The van der Waals surface area contributed by atoms with Gasteiger partial charge in [0.15, 0.2) is 0 Å². The van der Waals surface area contributed by atoms with E-state index < -0.39 is 0 Å². The fraction of sp³-hybridized carbons (Fsp3) is 0.588. The van der Waals surface area contributed by atoms with Crippen LogP contribution in [0.2, 0.25) is 0 Å². The topological polar surface area (TPSA) is 32.3 Å². The van der Waals surface area contributed by atoms with Crippen molar-refractivity contribution >= 4 is 5.91 Å². The van der Waals surface area contributed by atoms with E-state index in [-0.39, 0.29) is 5.91 Å². The first-order valence-electron chi connectivity index (χ1n) is 7.76. The highest BCUT2D eigenvalue weighted by Gasteiger charge is 2.33. The first kappa shape index (κ1) is 15.0. The zero-order valence-electron chi connectivity index (χ0n) is 12.6. The third kappa shape index (κ3) is 4.34. The van der Waals surface area contributed by atoms with Crippen LogP contribution in [0.5, 0.6) is 0 Å². The van der Waals surface area contributed by atoms with Gasteiger partial charge in [-0.15, -0.1) is 0 Å². The van der Waals surface area contributed by atoms with Crippen LogP contribution in [0.3, 0.4) is 0 Å². The zero-order valence-corrected chi connectivity index (χ0v) is 12.6. The SMILES string of the molecule is CCCNCC(=O)N(Cc1ccccc1)C(C)C1CC1. The fourth-order valence-electron chi connectivity index (χ4n) is 2.55. The summed E-state index contributed by atoms with van der Waals surface area (Å²) in [4.78, 5) is 14.5. The standard InChI is InChI=1S/C17H26N2O/c1-3-11-18-12-17(20)19(14(2)16-9-10-16)13-15-7-5-4-6-8-15/h4-8,14,16,18H,3,9-13H2,1-2H3. The lowest BCUT2D eigenvalue weighted by Crippen LogP contribution is -2.44. The van der Waals surface area contributed by atoms with Gasteiger partial charge >= 0.3 is 0 Å². The molecule has 1 atom stereocenters. The van der Waals surface area contributed by atoms with E-state index in [1.807, 2.05) is 18.2 Å². The van der Waals surface area contributed by atoms with Gasteiger partial charge in [-0.25, -0.2) is 0 Å². The third-order valence-electron chi connectivity index (χ3n) is 4.01. The second-order valence-corrected chi connectivity index (χ2v) is 5.76. The molecule has 2 rings (SSSR count). The minimum Gasteiger partial charge on any atom is -0.334 e. The van der Waals surface area contributed by atoms with Crippen molar-refractivity contribution in [2.75, 3.05) is 13.1 Å². The van der Waals surface area contributed by atoms with Gasteiger partial charge in [-0.05, 0) is 44.2 Å². The highest BCUT2D eigenvalue weighted by Crippen LogP contribution is 2.35. The highest BCUT2D eigenvalue weighted by molar-refractivity contribution is 5.78. The quantitative estimate of drug-likeness (QED) is 0.739. The molecule has 1 fully saturated rings. The van der Waals surface area contributed by atoms with Gasteiger partial charge in [0, 0.05) is 12.6 Å². The molecule has 20 heavy (non-hydrogen) atoms. The van der Waals surface area contributed by atoms with Crippen LogP contribution in [0.25, 0.3) is 0 Å². The van der Waals surface area contributed by atoms with E-state index in [1.54, 1.807) is 0 Å². The summed E-state index contributed by atoms with van der Waals surface area (Å²) in [7, 11) is 0. The molecular weight excluding hydrogens is 248 g/mol. The first-order valence-corrected chi connectivity index (χ1v) is 7.76. The van der Waals surface area contributed by atoms with Gasteiger partial charge in [0.2, 0.25) is 5.91 Å². The number of hydrogen-bond donors (Lipinski definition) is 1. The third-order valence-corrected chi connectivity index (χ3v) is 4.01. The Morgan fingerprint density at radius 1 is 1.35 bits per heavy atom. The summed E-state index contributed by atoms with van der Waals surface area (Å²) in [6.45, 7) is 6.40. The van der Waals surface area contributed by atoms with E-state index in [4.69, 9.17) is 0 Å². The summed E-state index contributed by atoms with van der Waals surface area (Å²) in [6, 6.07) is 10.6. The second kappa shape index (κ2) is 7.44. The lowest BCUT2D eigenvalue weighted by molar-refractivity contribution is -0.133. The van der Waals surface area contributed by atoms with Gasteiger partial charge in [0.25, 0.3) is 0 Å². The van der Waals surface area contributed by atoms with Gasteiger partial charge < -0.3 is 10.2 Å². The van der Waals surface area contributed by atoms with Gasteiger partial charge in [0.1, 0.15) is 0 Å². The van der Waals surface area contributed by atoms with Crippen molar-refractivity contribution in [3.63, 3.8) is 0 Å². The Bertz CT molecular complexity index is 414. The zero-order chi connectivity index (χ0) is 14.4. The first-order chi connectivity index (χ1) is 9.72. The lowest BCUT2D eigenvalue weighted by atomic mass is 10.1. The monoisotopic (exact) mass is 274 g/mol. The second-order valence-electron chi connectivity index (χ2n) is 5.76. The number of carbonyl (C=O) groups is 1. The molecule has 3 heteroatoms. The van der Waals surface area contributed by atoms with E-state index in [9.17, 15) is 4.79 Å². The molecule has 110 valence electrons. The smallest absolute Gasteiger partial charge is 0.237 e. The average molecular weight is 274 g/mol. The van der Waals surface area contributed by atoms with Crippen LogP contribution >= 0.6 is 0 Å². The molecule has 1 aliphatic rings. The summed E-state index contributed by atoms with van der Waals surface area (Å²) in [5, 5.41) is 3.22. The van der Waals surface area contributed by atoms with Crippen molar-refractivity contribution in [3.8, 4) is 0 Å². The number of nitrogens with one attached hydrogen (secondary N) is 1. The average Bonchev–Trinajstić information content (AvgIpc) is 3.30. The Kier molecular flexibility index (Phi) is 5.60. The van der Waals surface area contributed by atoms with Crippen LogP contribution in [0.1, 0.15) is 38.7 Å². The predicted molar refractivity (Wildman–Crippen MR) is 82.3 cm³/mol. The number of benzene rings is 1. The van der Waals surface area contributed by atoms with Crippen LogP contribution in [0, 0.1) is 5.92 Å². The molecule has 0 radical (unpaired) electrons. The van der Waals surface area contributed by atoms with Gasteiger partial charge in [-0.3, -0.25) is 4.79 Å². The molecule has 3 nitrogen and oxygen atoms in total. The molecule has 1 aromatic carbocycles. The molecular formula is C17H26N2O. The molecule has 0 saturated heterocycles. The molecule has 0 aromatic heterocycles. The van der Waals surface area contributed by atoms with Crippen LogP contribution in [-0.4, -0.2) is 29.9 Å². The number of nitrogens with zero attached hydrogens (tertiary/aromatic N) is 1. The summed E-state index contributed by atoms with van der Waals surface area (Å²) in [6.07, 6.45) is 3.59. The van der Waals surface area contributed by atoms with Crippen molar-refractivity contribution < 1.29 is 4.79 Å². The Balaban J connectivity index is 1.98.